The van der Waals surface area contributed by atoms with Crippen molar-refractivity contribution in [1.29, 1.82) is 0 Å². The van der Waals surface area contributed by atoms with Crippen molar-refractivity contribution >= 4 is 17.7 Å². The molecule has 1 aliphatic rings. The lowest BCUT2D eigenvalue weighted by molar-refractivity contribution is 0.0644. The number of hydrogen-bond acceptors (Lipinski definition) is 4. The number of carbonyl (C=O) groups is 1. The Morgan fingerprint density at radius 2 is 2.05 bits per heavy atom. The van der Waals surface area contributed by atoms with E-state index < -0.39 is 11.6 Å². The van der Waals surface area contributed by atoms with E-state index >= 15 is 0 Å². The van der Waals surface area contributed by atoms with E-state index in [1.807, 2.05) is 11.8 Å². The molecule has 1 aromatic carbocycles. The van der Waals surface area contributed by atoms with Crippen LogP contribution in [0.25, 0.3) is 0 Å². The van der Waals surface area contributed by atoms with Gasteiger partial charge in [-0.2, -0.15) is 11.8 Å². The first-order valence-corrected chi connectivity index (χ1v) is 8.00. The number of thioether (sulfide) groups is 1. The number of nitrogens with zero attached hydrogens (tertiary/aromatic N) is 2. The second-order valence-corrected chi connectivity index (χ2v) is 5.78. The summed E-state index contributed by atoms with van der Waals surface area (Å²) >= 11 is 1.81. The molecule has 0 aliphatic carbocycles. The van der Waals surface area contributed by atoms with Crippen LogP contribution in [0.3, 0.4) is 0 Å². The average molecular weight is 298 g/mol. The second-order valence-electron chi connectivity index (χ2n) is 4.79. The van der Waals surface area contributed by atoms with Gasteiger partial charge in [0.2, 0.25) is 0 Å². The maximum Gasteiger partial charge on any atom is 0.254 e. The molecule has 0 atom stereocenters. The minimum atomic E-state index is -0.755. The Balaban J connectivity index is 1.92. The van der Waals surface area contributed by atoms with Crippen LogP contribution in [0.2, 0.25) is 0 Å². The molecule has 1 N–H and O–H groups in total. The zero-order chi connectivity index (χ0) is 14.5. The summed E-state index contributed by atoms with van der Waals surface area (Å²) in [7, 11) is 0. The van der Waals surface area contributed by atoms with Crippen LogP contribution in [0.4, 0.5) is 4.39 Å². The van der Waals surface area contributed by atoms with Crippen molar-refractivity contribution in [2.24, 2.45) is 0 Å². The molecule has 6 heteroatoms. The molecule has 4 nitrogen and oxygen atoms in total. The molecule has 0 bridgehead atoms. The quantitative estimate of drug-likeness (QED) is 0.918. The van der Waals surface area contributed by atoms with Crippen LogP contribution in [-0.2, 0) is 0 Å². The minimum Gasteiger partial charge on any atom is -0.505 e. The molecular weight excluding hydrogens is 279 g/mol. The van der Waals surface area contributed by atoms with Gasteiger partial charge in [-0.3, -0.25) is 9.69 Å². The average Bonchev–Trinajstić information content (AvgIpc) is 2.48. The number of hydrogen-bond donors (Lipinski definition) is 1. The molecule has 0 saturated carbocycles. The Kier molecular flexibility index (Phi) is 5.25. The molecule has 1 aromatic rings. The van der Waals surface area contributed by atoms with Gasteiger partial charge in [0.1, 0.15) is 0 Å². The summed E-state index contributed by atoms with van der Waals surface area (Å²) in [5.74, 6) is -0.261. The van der Waals surface area contributed by atoms with Gasteiger partial charge in [0.05, 0.1) is 0 Å². The molecule has 1 heterocycles. The van der Waals surface area contributed by atoms with Crippen LogP contribution < -0.4 is 0 Å². The first-order chi connectivity index (χ1) is 9.61. The lowest BCUT2D eigenvalue weighted by Gasteiger charge is -2.34. The van der Waals surface area contributed by atoms with Gasteiger partial charge >= 0.3 is 0 Å². The third-order valence-electron chi connectivity index (χ3n) is 3.47. The van der Waals surface area contributed by atoms with Crippen LogP contribution in [0.1, 0.15) is 10.4 Å². The Morgan fingerprint density at radius 1 is 1.35 bits per heavy atom. The summed E-state index contributed by atoms with van der Waals surface area (Å²) in [5.41, 5.74) is 0.290. The first kappa shape index (κ1) is 15.1. The van der Waals surface area contributed by atoms with E-state index in [4.69, 9.17) is 5.11 Å². The number of halogens is 1. The van der Waals surface area contributed by atoms with E-state index in [-0.39, 0.29) is 11.5 Å². The fraction of sp³-hybridized carbons (Fsp3) is 0.500. The third-order valence-corrected chi connectivity index (χ3v) is 4.06. The van der Waals surface area contributed by atoms with Gasteiger partial charge in [0.15, 0.2) is 11.6 Å². The number of amides is 1. The van der Waals surface area contributed by atoms with Crippen LogP contribution in [-0.4, -0.2) is 65.5 Å². The van der Waals surface area contributed by atoms with Crippen LogP contribution >= 0.6 is 11.8 Å². The number of phenols is 1. The van der Waals surface area contributed by atoms with Crippen molar-refractivity contribution in [1.82, 2.24) is 9.80 Å². The molecule has 0 unspecified atom stereocenters. The fourth-order valence-electron chi connectivity index (χ4n) is 2.22. The highest BCUT2D eigenvalue weighted by atomic mass is 32.2. The highest BCUT2D eigenvalue weighted by molar-refractivity contribution is 7.98. The summed E-state index contributed by atoms with van der Waals surface area (Å²) < 4.78 is 13.3. The fourth-order valence-corrected chi connectivity index (χ4v) is 2.66. The number of rotatable bonds is 4. The van der Waals surface area contributed by atoms with Crippen molar-refractivity contribution < 1.29 is 14.3 Å². The van der Waals surface area contributed by atoms with Gasteiger partial charge in [-0.05, 0) is 24.5 Å². The molecular formula is C14H19FN2O2S. The molecule has 110 valence electrons. The molecule has 0 aromatic heterocycles. The van der Waals surface area contributed by atoms with Crippen molar-refractivity contribution in [2.45, 2.75) is 0 Å². The van der Waals surface area contributed by atoms with Gasteiger partial charge in [0.25, 0.3) is 5.91 Å². The number of aromatic hydroxyl groups is 1. The number of benzene rings is 1. The minimum absolute atomic E-state index is 0.173. The van der Waals surface area contributed by atoms with Gasteiger partial charge < -0.3 is 10.0 Å². The maximum atomic E-state index is 13.3. The van der Waals surface area contributed by atoms with Gasteiger partial charge in [-0.15, -0.1) is 0 Å². The van der Waals surface area contributed by atoms with Gasteiger partial charge in [-0.25, -0.2) is 4.39 Å². The summed E-state index contributed by atoms with van der Waals surface area (Å²) in [6.45, 7) is 4.07. The van der Waals surface area contributed by atoms with E-state index in [9.17, 15) is 9.18 Å². The van der Waals surface area contributed by atoms with Crippen LogP contribution in [0.15, 0.2) is 18.2 Å². The Bertz CT molecular complexity index is 476. The highest BCUT2D eigenvalue weighted by Gasteiger charge is 2.22. The summed E-state index contributed by atoms with van der Waals surface area (Å²) in [6, 6.07) is 3.77. The highest BCUT2D eigenvalue weighted by Crippen LogP contribution is 2.18. The molecule has 1 saturated heterocycles. The molecule has 1 aliphatic heterocycles. The number of piperazine rings is 1. The van der Waals surface area contributed by atoms with E-state index in [0.29, 0.717) is 13.1 Å². The molecule has 0 spiro atoms. The molecule has 1 fully saturated rings. The zero-order valence-corrected chi connectivity index (χ0v) is 12.3. The maximum absolute atomic E-state index is 13.3. The summed E-state index contributed by atoms with van der Waals surface area (Å²) in [5, 5.41) is 9.14. The monoisotopic (exact) mass is 298 g/mol. The van der Waals surface area contributed by atoms with Crippen molar-refractivity contribution in [3.63, 3.8) is 0 Å². The SMILES string of the molecule is CSCCN1CCN(C(=O)c2ccc(O)c(F)c2)CC1. The van der Waals surface area contributed by atoms with Gasteiger partial charge in [-0.1, -0.05) is 0 Å². The lowest BCUT2D eigenvalue weighted by Crippen LogP contribution is -2.49. The Labute approximate surface area is 122 Å². The summed E-state index contributed by atoms with van der Waals surface area (Å²) in [4.78, 5) is 16.3. The van der Waals surface area contributed by atoms with E-state index in [1.165, 1.54) is 12.1 Å². The largest absolute Gasteiger partial charge is 0.505 e. The lowest BCUT2D eigenvalue weighted by atomic mass is 10.1. The Hall–Kier alpha value is -1.27. The third kappa shape index (κ3) is 3.64. The Morgan fingerprint density at radius 3 is 2.65 bits per heavy atom. The number of phenolic OH excluding ortho intramolecular Hbond substituents is 1. The first-order valence-electron chi connectivity index (χ1n) is 6.61. The van der Waals surface area contributed by atoms with Crippen LogP contribution in [0.5, 0.6) is 5.75 Å². The smallest absolute Gasteiger partial charge is 0.254 e. The topological polar surface area (TPSA) is 43.8 Å². The molecule has 0 radical (unpaired) electrons. The van der Waals surface area contributed by atoms with Crippen molar-refractivity contribution in [2.75, 3.05) is 44.7 Å². The zero-order valence-electron chi connectivity index (χ0n) is 11.5. The van der Waals surface area contributed by atoms with E-state index in [2.05, 4.69) is 11.2 Å². The predicted molar refractivity (Wildman–Crippen MR) is 78.8 cm³/mol. The van der Waals surface area contributed by atoms with E-state index in [1.54, 1.807) is 4.90 Å². The molecule has 1 amide bonds. The normalized spacial score (nSPS) is 16.4. The van der Waals surface area contributed by atoms with E-state index in [0.717, 1.165) is 31.5 Å². The predicted octanol–water partition coefficient (Wildman–Crippen LogP) is 1.65. The van der Waals surface area contributed by atoms with Crippen LogP contribution in [0, 0.1) is 5.82 Å². The molecule has 2 rings (SSSR count). The van der Waals surface area contributed by atoms with Crippen molar-refractivity contribution in [3.05, 3.63) is 29.6 Å². The summed E-state index contributed by atoms with van der Waals surface area (Å²) in [6.07, 6.45) is 2.08. The van der Waals surface area contributed by atoms with Gasteiger partial charge in [0, 0.05) is 44.0 Å². The molecule has 20 heavy (non-hydrogen) atoms. The standard InChI is InChI=1S/C14H19FN2O2S/c1-20-9-8-16-4-6-17(7-5-16)14(19)11-2-3-13(18)12(15)10-11/h2-3,10,18H,4-9H2,1H3. The number of carbonyl (C=O) groups excluding carboxylic acids is 1. The van der Waals surface area contributed by atoms with Crippen molar-refractivity contribution in [3.8, 4) is 5.75 Å². The second kappa shape index (κ2) is 6.95.